The van der Waals surface area contributed by atoms with Crippen LogP contribution in [0.25, 0.3) is 0 Å². The van der Waals surface area contributed by atoms with E-state index in [1.165, 1.54) is 0 Å². The number of amides is 1. The molecule has 7 heteroatoms. The molecule has 0 saturated carbocycles. The highest BCUT2D eigenvalue weighted by molar-refractivity contribution is 9.11. The molecule has 1 rings (SSSR count). The summed E-state index contributed by atoms with van der Waals surface area (Å²) in [5.74, 6) is 0.384. The van der Waals surface area contributed by atoms with Crippen molar-refractivity contribution in [3.63, 3.8) is 0 Å². The highest BCUT2D eigenvalue weighted by Crippen LogP contribution is 2.35. The third-order valence-corrected chi connectivity index (χ3v) is 4.97. The smallest absolute Gasteiger partial charge is 0.237 e. The molecule has 0 aliphatic carbocycles. The zero-order chi connectivity index (χ0) is 15.5. The van der Waals surface area contributed by atoms with Gasteiger partial charge in [-0.3, -0.25) is 4.79 Å². The minimum absolute atomic E-state index is 0.178. The molecule has 1 aromatic carbocycles. The Labute approximate surface area is 140 Å². The topological polar surface area (TPSA) is 64.3 Å². The number of ether oxygens (including phenoxy) is 1. The number of rotatable bonds is 5. The lowest BCUT2D eigenvalue weighted by molar-refractivity contribution is -0.121. The van der Waals surface area contributed by atoms with Crippen LogP contribution in [0.4, 0.5) is 5.69 Å². The van der Waals surface area contributed by atoms with Crippen LogP contribution in [-0.4, -0.2) is 18.0 Å². The molecule has 110 valence electrons. The van der Waals surface area contributed by atoms with E-state index in [0.717, 1.165) is 8.95 Å². The summed E-state index contributed by atoms with van der Waals surface area (Å²) in [6.45, 7) is 3.60. The maximum absolute atomic E-state index is 12.4. The molecule has 1 unspecified atom stereocenters. The molecular formula is C13H16Br2N2O2S. The summed E-state index contributed by atoms with van der Waals surface area (Å²) < 4.78 is 6.74. The van der Waals surface area contributed by atoms with Crippen molar-refractivity contribution >= 4 is 60.7 Å². The average molecular weight is 424 g/mol. The monoisotopic (exact) mass is 422 g/mol. The highest BCUT2D eigenvalue weighted by Gasteiger charge is 2.34. The van der Waals surface area contributed by atoms with Gasteiger partial charge in [0.05, 0.1) is 27.7 Å². The van der Waals surface area contributed by atoms with E-state index in [9.17, 15) is 4.79 Å². The Morgan fingerprint density at radius 2 is 2.05 bits per heavy atom. The van der Waals surface area contributed by atoms with E-state index in [1.54, 1.807) is 26.2 Å². The first-order chi connectivity index (χ1) is 9.26. The first-order valence-corrected chi connectivity index (χ1v) is 7.90. The second-order valence-corrected chi connectivity index (χ2v) is 6.62. The van der Waals surface area contributed by atoms with Gasteiger partial charge >= 0.3 is 0 Å². The first-order valence-electron chi connectivity index (χ1n) is 5.90. The fraction of sp³-hybridized carbons (Fsp3) is 0.385. The maximum Gasteiger partial charge on any atom is 0.237 e. The third-order valence-electron chi connectivity index (χ3n) is 3.24. The SMILES string of the molecule is CCC(C)(C(=O)Nc1cc(OC)c(Br)cc1Br)C(N)=S. The molecule has 0 radical (unpaired) electrons. The summed E-state index contributed by atoms with van der Waals surface area (Å²) in [6, 6.07) is 3.53. The molecule has 0 bridgehead atoms. The van der Waals surface area contributed by atoms with Crippen LogP contribution in [0.2, 0.25) is 0 Å². The normalized spacial score (nSPS) is 13.4. The molecule has 0 saturated heterocycles. The zero-order valence-electron chi connectivity index (χ0n) is 11.4. The van der Waals surface area contributed by atoms with Crippen molar-refractivity contribution in [1.82, 2.24) is 0 Å². The van der Waals surface area contributed by atoms with Gasteiger partial charge in [0.1, 0.15) is 5.75 Å². The molecule has 1 amide bonds. The van der Waals surface area contributed by atoms with Crippen molar-refractivity contribution in [1.29, 1.82) is 0 Å². The Morgan fingerprint density at radius 1 is 1.45 bits per heavy atom. The number of anilines is 1. The number of nitrogens with one attached hydrogen (secondary N) is 1. The molecule has 1 atom stereocenters. The lowest BCUT2D eigenvalue weighted by Crippen LogP contribution is -2.43. The molecule has 0 aliphatic heterocycles. The van der Waals surface area contributed by atoms with Crippen LogP contribution in [0.5, 0.6) is 5.75 Å². The van der Waals surface area contributed by atoms with Crippen molar-refractivity contribution < 1.29 is 9.53 Å². The van der Waals surface area contributed by atoms with Crippen molar-refractivity contribution in [3.05, 3.63) is 21.1 Å². The standard InChI is InChI=1S/C13H16Br2N2O2S/c1-4-13(2,11(16)20)12(18)17-9-6-10(19-3)8(15)5-7(9)14/h5-6H,4H2,1-3H3,(H2,16,20)(H,17,18). The first kappa shape index (κ1) is 17.4. The molecule has 1 aromatic rings. The quantitative estimate of drug-likeness (QED) is 0.705. The van der Waals surface area contributed by atoms with Crippen LogP contribution in [0.15, 0.2) is 21.1 Å². The van der Waals surface area contributed by atoms with Crippen LogP contribution < -0.4 is 15.8 Å². The van der Waals surface area contributed by atoms with Crippen molar-refractivity contribution in [2.75, 3.05) is 12.4 Å². The van der Waals surface area contributed by atoms with E-state index < -0.39 is 5.41 Å². The van der Waals surface area contributed by atoms with Crippen molar-refractivity contribution in [2.45, 2.75) is 20.3 Å². The Hall–Kier alpha value is -0.660. The van der Waals surface area contributed by atoms with Gasteiger partial charge in [-0.05, 0) is 51.3 Å². The van der Waals surface area contributed by atoms with Gasteiger partial charge in [-0.15, -0.1) is 0 Å². The minimum atomic E-state index is -0.880. The number of nitrogens with two attached hydrogens (primary N) is 1. The summed E-state index contributed by atoms with van der Waals surface area (Å²) in [7, 11) is 1.56. The van der Waals surface area contributed by atoms with Crippen LogP contribution in [0.3, 0.4) is 0 Å². The number of carbonyl (C=O) groups is 1. The number of benzene rings is 1. The van der Waals surface area contributed by atoms with Gasteiger partial charge in [0.25, 0.3) is 0 Å². The van der Waals surface area contributed by atoms with Gasteiger partial charge in [0.15, 0.2) is 0 Å². The highest BCUT2D eigenvalue weighted by atomic mass is 79.9. The summed E-state index contributed by atoms with van der Waals surface area (Å²) in [4.78, 5) is 12.6. The van der Waals surface area contributed by atoms with Crippen molar-refractivity contribution in [3.8, 4) is 5.75 Å². The number of thiocarbonyl (C=S) groups is 1. The second kappa shape index (κ2) is 6.87. The molecule has 0 spiro atoms. The Bertz CT molecular complexity index is 551. The maximum atomic E-state index is 12.4. The summed E-state index contributed by atoms with van der Waals surface area (Å²) in [5.41, 5.74) is 5.40. The van der Waals surface area contributed by atoms with Gasteiger partial charge in [0.2, 0.25) is 5.91 Å². The molecular weight excluding hydrogens is 408 g/mol. The van der Waals surface area contributed by atoms with Gasteiger partial charge < -0.3 is 15.8 Å². The molecule has 0 aromatic heterocycles. The van der Waals surface area contributed by atoms with E-state index >= 15 is 0 Å². The predicted octanol–water partition coefficient (Wildman–Crippen LogP) is 3.86. The van der Waals surface area contributed by atoms with Crippen LogP contribution >= 0.6 is 44.1 Å². The van der Waals surface area contributed by atoms with Gasteiger partial charge in [-0.1, -0.05) is 19.1 Å². The fourth-order valence-electron chi connectivity index (χ4n) is 1.49. The van der Waals surface area contributed by atoms with E-state index in [4.69, 9.17) is 22.7 Å². The molecule has 4 nitrogen and oxygen atoms in total. The van der Waals surface area contributed by atoms with E-state index in [2.05, 4.69) is 37.2 Å². The number of hydrogen-bond acceptors (Lipinski definition) is 3. The molecule has 0 fully saturated rings. The average Bonchev–Trinajstić information content (AvgIpc) is 2.40. The molecule has 0 heterocycles. The lowest BCUT2D eigenvalue weighted by atomic mass is 9.86. The Kier molecular flexibility index (Phi) is 5.97. The fourth-order valence-corrected chi connectivity index (χ4v) is 2.98. The van der Waals surface area contributed by atoms with E-state index in [1.807, 2.05) is 6.92 Å². The third kappa shape index (κ3) is 3.51. The summed E-state index contributed by atoms with van der Waals surface area (Å²) in [6.07, 6.45) is 0.527. The van der Waals surface area contributed by atoms with Crippen LogP contribution in [-0.2, 0) is 4.79 Å². The molecule has 20 heavy (non-hydrogen) atoms. The van der Waals surface area contributed by atoms with Crippen LogP contribution in [0.1, 0.15) is 20.3 Å². The number of methoxy groups -OCH3 is 1. The summed E-state index contributed by atoms with van der Waals surface area (Å²) >= 11 is 11.8. The minimum Gasteiger partial charge on any atom is -0.495 e. The molecule has 0 aliphatic rings. The Morgan fingerprint density at radius 3 is 2.50 bits per heavy atom. The Balaban J connectivity index is 3.10. The summed E-state index contributed by atoms with van der Waals surface area (Å²) in [5, 5.41) is 2.83. The number of hydrogen-bond donors (Lipinski definition) is 2. The van der Waals surface area contributed by atoms with E-state index in [-0.39, 0.29) is 10.9 Å². The predicted molar refractivity (Wildman–Crippen MR) is 92.2 cm³/mol. The largest absolute Gasteiger partial charge is 0.495 e. The second-order valence-electron chi connectivity index (χ2n) is 4.47. The van der Waals surface area contributed by atoms with Gasteiger partial charge in [0, 0.05) is 10.5 Å². The van der Waals surface area contributed by atoms with Crippen LogP contribution in [0, 0.1) is 5.41 Å². The lowest BCUT2D eigenvalue weighted by Gasteiger charge is -2.26. The van der Waals surface area contributed by atoms with Gasteiger partial charge in [-0.2, -0.15) is 0 Å². The number of halogens is 2. The zero-order valence-corrected chi connectivity index (χ0v) is 15.4. The van der Waals surface area contributed by atoms with Gasteiger partial charge in [-0.25, -0.2) is 0 Å². The van der Waals surface area contributed by atoms with E-state index in [0.29, 0.717) is 17.9 Å². The molecule has 3 N–H and O–H groups in total. The van der Waals surface area contributed by atoms with Crippen molar-refractivity contribution in [2.24, 2.45) is 11.1 Å². The number of carbonyl (C=O) groups excluding carboxylic acids is 1.